The van der Waals surface area contributed by atoms with Gasteiger partial charge in [-0.05, 0) is 24.6 Å². The minimum absolute atomic E-state index is 0.0590. The third-order valence-corrected chi connectivity index (χ3v) is 3.01. The predicted molar refractivity (Wildman–Crippen MR) is 65.5 cm³/mol. The monoisotopic (exact) mass is 238 g/mol. The Morgan fingerprint density at radius 2 is 2.25 bits per heavy atom. The Bertz CT molecular complexity index is 400. The zero-order chi connectivity index (χ0) is 12.1. The van der Waals surface area contributed by atoms with Crippen LogP contribution in [0, 0.1) is 11.3 Å². The number of hydrogen-bond donors (Lipinski definition) is 1. The summed E-state index contributed by atoms with van der Waals surface area (Å²) >= 11 is 6.00. The Morgan fingerprint density at radius 3 is 2.75 bits per heavy atom. The number of nitrogens with zero attached hydrogens (tertiary/aromatic N) is 2. The molecule has 0 aliphatic heterocycles. The Kier molecular flexibility index (Phi) is 4.60. The molecular formula is C12H15ClN2O. The van der Waals surface area contributed by atoms with Crippen molar-refractivity contribution in [1.82, 2.24) is 0 Å². The molecule has 0 heterocycles. The van der Waals surface area contributed by atoms with E-state index < -0.39 is 0 Å². The van der Waals surface area contributed by atoms with Crippen LogP contribution in [0.25, 0.3) is 0 Å². The van der Waals surface area contributed by atoms with E-state index >= 15 is 0 Å². The first-order valence-corrected chi connectivity index (χ1v) is 5.47. The van der Waals surface area contributed by atoms with Gasteiger partial charge in [-0.25, -0.2) is 0 Å². The average Bonchev–Trinajstić information content (AvgIpc) is 2.28. The van der Waals surface area contributed by atoms with Crippen LogP contribution in [-0.4, -0.2) is 18.2 Å². The minimum atomic E-state index is -0.0590. The fraction of sp³-hybridized carbons (Fsp3) is 0.417. The highest BCUT2D eigenvalue weighted by Gasteiger charge is 2.10. The molecule has 1 aromatic carbocycles. The van der Waals surface area contributed by atoms with Crippen molar-refractivity contribution in [2.45, 2.75) is 26.0 Å². The van der Waals surface area contributed by atoms with Gasteiger partial charge in [-0.2, -0.15) is 5.26 Å². The second-order valence-electron chi connectivity index (χ2n) is 3.76. The first-order chi connectivity index (χ1) is 7.60. The topological polar surface area (TPSA) is 47.3 Å². The van der Waals surface area contributed by atoms with Gasteiger partial charge in [0, 0.05) is 23.8 Å². The van der Waals surface area contributed by atoms with E-state index in [1.54, 1.807) is 12.1 Å². The summed E-state index contributed by atoms with van der Waals surface area (Å²) in [6.45, 7) is 1.92. The molecule has 1 rings (SSSR count). The van der Waals surface area contributed by atoms with Crippen molar-refractivity contribution in [3.8, 4) is 6.07 Å². The van der Waals surface area contributed by atoms with Crippen LogP contribution in [0.5, 0.6) is 0 Å². The van der Waals surface area contributed by atoms with E-state index in [0.717, 1.165) is 5.69 Å². The number of benzene rings is 1. The maximum Gasteiger partial charge on any atom is 0.0696 e. The van der Waals surface area contributed by atoms with Crippen LogP contribution in [0.4, 0.5) is 5.69 Å². The number of aliphatic hydroxyl groups is 1. The molecule has 0 amide bonds. The molecule has 1 unspecified atom stereocenters. The van der Waals surface area contributed by atoms with Crippen molar-refractivity contribution >= 4 is 17.3 Å². The standard InChI is InChI=1S/C12H15ClN2O/c1-9(5-6-14)15(2)11-4-3-10(8-16)12(13)7-11/h3-4,7,9,16H,5,8H2,1-2H3. The van der Waals surface area contributed by atoms with E-state index in [0.29, 0.717) is 17.0 Å². The number of rotatable bonds is 4. The fourth-order valence-electron chi connectivity index (χ4n) is 1.41. The van der Waals surface area contributed by atoms with Crippen LogP contribution < -0.4 is 4.90 Å². The molecule has 0 saturated carbocycles. The van der Waals surface area contributed by atoms with Gasteiger partial charge in [0.25, 0.3) is 0 Å². The summed E-state index contributed by atoms with van der Waals surface area (Å²) in [6.07, 6.45) is 0.468. The van der Waals surface area contributed by atoms with E-state index in [-0.39, 0.29) is 12.6 Å². The van der Waals surface area contributed by atoms with Gasteiger partial charge in [-0.1, -0.05) is 17.7 Å². The van der Waals surface area contributed by atoms with Gasteiger partial charge in [0.2, 0.25) is 0 Å². The van der Waals surface area contributed by atoms with Crippen molar-refractivity contribution in [1.29, 1.82) is 5.26 Å². The van der Waals surface area contributed by atoms with Gasteiger partial charge < -0.3 is 10.0 Å². The molecule has 4 heteroatoms. The van der Waals surface area contributed by atoms with Crippen molar-refractivity contribution in [2.24, 2.45) is 0 Å². The Morgan fingerprint density at radius 1 is 1.56 bits per heavy atom. The lowest BCUT2D eigenvalue weighted by Crippen LogP contribution is -2.28. The molecule has 0 bridgehead atoms. The smallest absolute Gasteiger partial charge is 0.0696 e. The minimum Gasteiger partial charge on any atom is -0.392 e. The highest BCUT2D eigenvalue weighted by Crippen LogP contribution is 2.24. The molecule has 0 spiro atoms. The molecule has 0 aromatic heterocycles. The zero-order valence-electron chi connectivity index (χ0n) is 9.44. The summed E-state index contributed by atoms with van der Waals surface area (Å²) in [5.41, 5.74) is 1.66. The van der Waals surface area contributed by atoms with Crippen LogP contribution in [0.2, 0.25) is 5.02 Å². The molecule has 0 radical (unpaired) electrons. The van der Waals surface area contributed by atoms with Crippen molar-refractivity contribution in [3.05, 3.63) is 28.8 Å². The zero-order valence-corrected chi connectivity index (χ0v) is 10.2. The van der Waals surface area contributed by atoms with Gasteiger partial charge in [-0.3, -0.25) is 0 Å². The van der Waals surface area contributed by atoms with Gasteiger partial charge >= 0.3 is 0 Å². The van der Waals surface area contributed by atoms with Gasteiger partial charge in [0.1, 0.15) is 0 Å². The van der Waals surface area contributed by atoms with E-state index in [4.69, 9.17) is 22.0 Å². The third-order valence-electron chi connectivity index (χ3n) is 2.66. The van der Waals surface area contributed by atoms with Crippen LogP contribution in [0.1, 0.15) is 18.9 Å². The first kappa shape index (κ1) is 12.8. The summed E-state index contributed by atoms with van der Waals surface area (Å²) in [4.78, 5) is 2.00. The fourth-order valence-corrected chi connectivity index (χ4v) is 1.64. The maximum atomic E-state index is 9.00. The molecule has 0 saturated heterocycles. The number of aliphatic hydroxyl groups excluding tert-OH is 1. The van der Waals surface area contributed by atoms with Gasteiger partial charge in [-0.15, -0.1) is 0 Å². The molecule has 86 valence electrons. The van der Waals surface area contributed by atoms with Crippen LogP contribution >= 0.6 is 11.6 Å². The number of halogens is 1. The maximum absolute atomic E-state index is 9.00. The second-order valence-corrected chi connectivity index (χ2v) is 4.16. The van der Waals surface area contributed by atoms with Gasteiger partial charge in [0.15, 0.2) is 0 Å². The SMILES string of the molecule is CC(CC#N)N(C)c1ccc(CO)c(Cl)c1. The van der Waals surface area contributed by atoms with Crippen LogP contribution in [-0.2, 0) is 6.61 Å². The Hall–Kier alpha value is -1.24. The molecule has 1 N–H and O–H groups in total. The summed E-state index contributed by atoms with van der Waals surface area (Å²) in [6, 6.07) is 7.78. The molecule has 1 aromatic rings. The van der Waals surface area contributed by atoms with Crippen LogP contribution in [0.15, 0.2) is 18.2 Å². The second kappa shape index (κ2) is 5.74. The van der Waals surface area contributed by atoms with E-state index in [1.165, 1.54) is 0 Å². The number of nitriles is 1. The summed E-state index contributed by atoms with van der Waals surface area (Å²) in [5, 5.41) is 18.2. The van der Waals surface area contributed by atoms with E-state index in [2.05, 4.69) is 6.07 Å². The highest BCUT2D eigenvalue weighted by molar-refractivity contribution is 6.31. The molecule has 3 nitrogen and oxygen atoms in total. The first-order valence-electron chi connectivity index (χ1n) is 5.09. The normalized spacial score (nSPS) is 11.9. The molecule has 1 atom stereocenters. The van der Waals surface area contributed by atoms with E-state index in [1.807, 2.05) is 24.9 Å². The summed E-state index contributed by atoms with van der Waals surface area (Å²) < 4.78 is 0. The Balaban J connectivity index is 2.89. The number of anilines is 1. The number of hydrogen-bond acceptors (Lipinski definition) is 3. The summed E-state index contributed by atoms with van der Waals surface area (Å²) in [7, 11) is 1.92. The lowest BCUT2D eigenvalue weighted by molar-refractivity contribution is 0.282. The molecular weight excluding hydrogens is 224 g/mol. The molecule has 16 heavy (non-hydrogen) atoms. The van der Waals surface area contributed by atoms with Crippen molar-refractivity contribution in [2.75, 3.05) is 11.9 Å². The predicted octanol–water partition coefficient (Wildman–Crippen LogP) is 2.57. The highest BCUT2D eigenvalue weighted by atomic mass is 35.5. The average molecular weight is 239 g/mol. The van der Waals surface area contributed by atoms with Crippen LogP contribution in [0.3, 0.4) is 0 Å². The summed E-state index contributed by atoms with van der Waals surface area (Å²) in [5.74, 6) is 0. The molecule has 0 aliphatic carbocycles. The lowest BCUT2D eigenvalue weighted by atomic mass is 10.1. The van der Waals surface area contributed by atoms with Gasteiger partial charge in [0.05, 0.1) is 19.1 Å². The quantitative estimate of drug-likeness (QED) is 0.877. The van der Waals surface area contributed by atoms with E-state index in [9.17, 15) is 0 Å². The molecule has 0 fully saturated rings. The third kappa shape index (κ3) is 2.88. The van der Waals surface area contributed by atoms with Crippen molar-refractivity contribution in [3.63, 3.8) is 0 Å². The van der Waals surface area contributed by atoms with Crippen molar-refractivity contribution < 1.29 is 5.11 Å². The Labute approximate surface area is 101 Å². The molecule has 0 aliphatic rings. The lowest BCUT2D eigenvalue weighted by Gasteiger charge is -2.25. The largest absolute Gasteiger partial charge is 0.392 e.